The van der Waals surface area contributed by atoms with Gasteiger partial charge in [-0.3, -0.25) is 0 Å². The van der Waals surface area contributed by atoms with Crippen LogP contribution in [0.2, 0.25) is 0 Å². The van der Waals surface area contributed by atoms with E-state index in [1.165, 1.54) is 12.1 Å². The Labute approximate surface area is 136 Å². The molecule has 24 heavy (non-hydrogen) atoms. The molecule has 0 fully saturated rings. The first kappa shape index (κ1) is 16.1. The third kappa shape index (κ3) is 2.87. The van der Waals surface area contributed by atoms with Crippen molar-refractivity contribution in [3.8, 4) is 11.3 Å². The second-order valence-corrected chi connectivity index (χ2v) is 5.20. The van der Waals surface area contributed by atoms with Crippen LogP contribution in [0.25, 0.3) is 16.8 Å². The Morgan fingerprint density at radius 3 is 2.46 bits per heavy atom. The van der Waals surface area contributed by atoms with E-state index >= 15 is 0 Å². The number of pyridine rings is 1. The van der Waals surface area contributed by atoms with Gasteiger partial charge in [0.25, 0.3) is 0 Å². The van der Waals surface area contributed by atoms with Crippen molar-refractivity contribution in [1.29, 1.82) is 0 Å². The number of halogens is 3. The summed E-state index contributed by atoms with van der Waals surface area (Å²) < 4.78 is 45.1. The van der Waals surface area contributed by atoms with Gasteiger partial charge in [0.1, 0.15) is 0 Å². The highest BCUT2D eigenvalue weighted by Gasteiger charge is 2.30. The predicted octanol–water partition coefficient (Wildman–Crippen LogP) is 4.80. The maximum Gasteiger partial charge on any atom is 0.416 e. The quantitative estimate of drug-likeness (QED) is 0.645. The molecule has 0 aliphatic heterocycles. The molecule has 3 rings (SSSR count). The summed E-state index contributed by atoms with van der Waals surface area (Å²) in [5, 5.41) is 0. The molecule has 0 bridgehead atoms. The molecule has 3 nitrogen and oxygen atoms in total. The van der Waals surface area contributed by atoms with Crippen LogP contribution in [0.15, 0.2) is 54.7 Å². The van der Waals surface area contributed by atoms with Gasteiger partial charge in [0.15, 0.2) is 0 Å². The molecule has 2 heterocycles. The molecule has 3 aromatic rings. The number of benzene rings is 1. The summed E-state index contributed by atoms with van der Waals surface area (Å²) in [6.07, 6.45) is -2.64. The Bertz CT molecular complexity index is 879. The van der Waals surface area contributed by atoms with E-state index in [0.717, 1.165) is 17.6 Å². The van der Waals surface area contributed by atoms with Crippen molar-refractivity contribution in [3.05, 3.63) is 65.9 Å². The number of aromatic nitrogens is 1. The Morgan fingerprint density at radius 1 is 1.12 bits per heavy atom. The molecule has 0 saturated carbocycles. The van der Waals surface area contributed by atoms with Gasteiger partial charge in [-0.25, -0.2) is 4.79 Å². The van der Waals surface area contributed by atoms with Crippen molar-refractivity contribution in [1.82, 2.24) is 4.40 Å². The zero-order chi connectivity index (χ0) is 17.3. The largest absolute Gasteiger partial charge is 0.462 e. The Hall–Kier alpha value is -2.76. The number of hydrogen-bond acceptors (Lipinski definition) is 2. The highest BCUT2D eigenvalue weighted by atomic mass is 19.4. The fourth-order valence-corrected chi connectivity index (χ4v) is 2.60. The van der Waals surface area contributed by atoms with E-state index in [2.05, 4.69) is 0 Å². The molecular formula is C18H14F3NO2. The molecule has 0 amide bonds. The van der Waals surface area contributed by atoms with E-state index in [4.69, 9.17) is 4.74 Å². The fraction of sp³-hybridized carbons (Fsp3) is 0.167. The van der Waals surface area contributed by atoms with E-state index in [0.29, 0.717) is 16.8 Å². The fourth-order valence-electron chi connectivity index (χ4n) is 2.60. The summed E-state index contributed by atoms with van der Waals surface area (Å²) in [4.78, 5) is 12.2. The molecule has 1 aromatic carbocycles. The van der Waals surface area contributed by atoms with Crippen molar-refractivity contribution in [2.75, 3.05) is 6.61 Å². The van der Waals surface area contributed by atoms with Crippen molar-refractivity contribution in [3.63, 3.8) is 0 Å². The topological polar surface area (TPSA) is 30.7 Å². The van der Waals surface area contributed by atoms with Crippen LogP contribution in [0.5, 0.6) is 0 Å². The van der Waals surface area contributed by atoms with Crippen LogP contribution < -0.4 is 0 Å². The summed E-state index contributed by atoms with van der Waals surface area (Å²) in [6, 6.07) is 11.8. The second-order valence-electron chi connectivity index (χ2n) is 5.20. The standard InChI is InChI=1S/C18H14F3NO2/c1-2-24-17(23)15-11-14-5-3-4-10-22(14)16(15)12-6-8-13(9-7-12)18(19,20)21/h3-11H,2H2,1H3. The van der Waals surface area contributed by atoms with Gasteiger partial charge in [-0.2, -0.15) is 13.2 Å². The molecule has 2 aromatic heterocycles. The first-order valence-electron chi connectivity index (χ1n) is 7.36. The highest BCUT2D eigenvalue weighted by Crippen LogP contribution is 2.33. The molecule has 0 saturated heterocycles. The monoisotopic (exact) mass is 333 g/mol. The molecule has 0 aliphatic carbocycles. The maximum absolute atomic E-state index is 12.7. The van der Waals surface area contributed by atoms with Gasteiger partial charge in [0.05, 0.1) is 23.4 Å². The number of ether oxygens (including phenoxy) is 1. The Kier molecular flexibility index (Phi) is 4.05. The van der Waals surface area contributed by atoms with Crippen LogP contribution in [0, 0.1) is 0 Å². The van der Waals surface area contributed by atoms with Crippen LogP contribution in [0.3, 0.4) is 0 Å². The molecule has 0 unspecified atom stereocenters. The number of nitrogens with zero attached hydrogens (tertiary/aromatic N) is 1. The van der Waals surface area contributed by atoms with Crippen LogP contribution in [0.4, 0.5) is 13.2 Å². The lowest BCUT2D eigenvalue weighted by molar-refractivity contribution is -0.137. The lowest BCUT2D eigenvalue weighted by atomic mass is 10.1. The average molecular weight is 333 g/mol. The summed E-state index contributed by atoms with van der Waals surface area (Å²) >= 11 is 0. The molecule has 0 N–H and O–H groups in total. The normalized spacial score (nSPS) is 11.7. The number of esters is 1. The van der Waals surface area contributed by atoms with E-state index in [1.807, 2.05) is 12.1 Å². The van der Waals surface area contributed by atoms with E-state index in [9.17, 15) is 18.0 Å². The van der Waals surface area contributed by atoms with Crippen molar-refractivity contribution >= 4 is 11.5 Å². The first-order valence-corrected chi connectivity index (χ1v) is 7.36. The number of fused-ring (bicyclic) bond motifs is 1. The predicted molar refractivity (Wildman–Crippen MR) is 83.8 cm³/mol. The van der Waals surface area contributed by atoms with E-state index in [-0.39, 0.29) is 6.61 Å². The number of rotatable bonds is 3. The number of alkyl halides is 3. The van der Waals surface area contributed by atoms with Crippen LogP contribution in [-0.4, -0.2) is 17.0 Å². The summed E-state index contributed by atoms with van der Waals surface area (Å²) in [7, 11) is 0. The maximum atomic E-state index is 12.7. The van der Waals surface area contributed by atoms with Crippen molar-refractivity contribution in [2.45, 2.75) is 13.1 Å². The molecule has 124 valence electrons. The molecule has 6 heteroatoms. The molecule has 0 aliphatic rings. The first-order chi connectivity index (χ1) is 11.4. The minimum Gasteiger partial charge on any atom is -0.462 e. The van der Waals surface area contributed by atoms with Gasteiger partial charge in [-0.1, -0.05) is 18.2 Å². The van der Waals surface area contributed by atoms with Gasteiger partial charge in [-0.05, 0) is 42.8 Å². The van der Waals surface area contributed by atoms with E-state index < -0.39 is 17.7 Å². The molecule has 0 atom stereocenters. The minimum atomic E-state index is -4.40. The summed E-state index contributed by atoms with van der Waals surface area (Å²) in [6.45, 7) is 1.92. The zero-order valence-corrected chi connectivity index (χ0v) is 12.8. The lowest BCUT2D eigenvalue weighted by Crippen LogP contribution is -2.06. The van der Waals surface area contributed by atoms with Gasteiger partial charge >= 0.3 is 12.1 Å². The molecule has 0 spiro atoms. The second kappa shape index (κ2) is 6.03. The summed E-state index contributed by atoms with van der Waals surface area (Å²) in [5.74, 6) is -0.504. The van der Waals surface area contributed by atoms with Crippen molar-refractivity contribution < 1.29 is 22.7 Å². The van der Waals surface area contributed by atoms with Gasteiger partial charge < -0.3 is 9.14 Å². The minimum absolute atomic E-state index is 0.220. The Balaban J connectivity index is 2.17. The smallest absolute Gasteiger partial charge is 0.416 e. The number of hydrogen-bond donors (Lipinski definition) is 0. The highest BCUT2D eigenvalue weighted by molar-refractivity contribution is 5.99. The third-order valence-corrected chi connectivity index (χ3v) is 3.66. The van der Waals surface area contributed by atoms with Gasteiger partial charge in [0, 0.05) is 11.7 Å². The van der Waals surface area contributed by atoms with Gasteiger partial charge in [0.2, 0.25) is 0 Å². The van der Waals surface area contributed by atoms with E-state index in [1.54, 1.807) is 29.7 Å². The number of carbonyl (C=O) groups is 1. The number of carbonyl (C=O) groups excluding carboxylic acids is 1. The third-order valence-electron chi connectivity index (χ3n) is 3.66. The lowest BCUT2D eigenvalue weighted by Gasteiger charge is -2.10. The van der Waals surface area contributed by atoms with Crippen LogP contribution in [0.1, 0.15) is 22.8 Å². The zero-order valence-electron chi connectivity index (χ0n) is 12.8. The van der Waals surface area contributed by atoms with Crippen molar-refractivity contribution in [2.24, 2.45) is 0 Å². The van der Waals surface area contributed by atoms with Crippen LogP contribution >= 0.6 is 0 Å². The average Bonchev–Trinajstić information content (AvgIpc) is 2.94. The van der Waals surface area contributed by atoms with Crippen LogP contribution in [-0.2, 0) is 10.9 Å². The Morgan fingerprint density at radius 2 is 1.83 bits per heavy atom. The summed E-state index contributed by atoms with van der Waals surface area (Å²) in [5.41, 5.74) is 1.37. The SMILES string of the molecule is CCOC(=O)c1cc2ccccn2c1-c1ccc(C(F)(F)F)cc1. The molecular weight excluding hydrogens is 319 g/mol. The molecule has 0 radical (unpaired) electrons. The van der Waals surface area contributed by atoms with Gasteiger partial charge in [-0.15, -0.1) is 0 Å².